The van der Waals surface area contributed by atoms with Crippen molar-refractivity contribution < 1.29 is 19.2 Å². The van der Waals surface area contributed by atoms with Crippen LogP contribution in [0, 0.1) is 0 Å². The zero-order valence-corrected chi connectivity index (χ0v) is 18.6. The predicted octanol–water partition coefficient (Wildman–Crippen LogP) is 1.77. The number of benzene rings is 1. The van der Waals surface area contributed by atoms with E-state index in [0.717, 1.165) is 38.2 Å². The summed E-state index contributed by atoms with van der Waals surface area (Å²) in [6.07, 6.45) is 7.32. The van der Waals surface area contributed by atoms with Crippen LogP contribution in [-0.4, -0.2) is 73.0 Å². The Morgan fingerprint density at radius 2 is 1.84 bits per heavy atom. The number of fused-ring (bicyclic) bond motifs is 1. The Balaban J connectivity index is 0.00000289. The minimum Gasteiger partial charge on any atom is -0.369 e. The number of hydrogen-bond donors (Lipinski definition) is 1. The number of allylic oxidation sites excluding steroid dienone is 2. The molecule has 170 valence electrons. The summed E-state index contributed by atoms with van der Waals surface area (Å²) in [6, 6.07) is 5.45. The van der Waals surface area contributed by atoms with Crippen LogP contribution in [0.25, 0.3) is 0 Å². The third kappa shape index (κ3) is 4.92. The highest BCUT2D eigenvalue weighted by Crippen LogP contribution is 2.31. The van der Waals surface area contributed by atoms with Crippen LogP contribution in [0.15, 0.2) is 42.2 Å². The topological polar surface area (TPSA) is 90.0 Å². The predicted molar refractivity (Wildman–Crippen MR) is 123 cm³/mol. The molecule has 3 aliphatic heterocycles. The number of hydrogen-bond acceptors (Lipinski definition) is 7. The van der Waals surface area contributed by atoms with E-state index in [4.69, 9.17) is 0 Å². The molecule has 0 saturated carbocycles. The molecule has 9 heteroatoms. The van der Waals surface area contributed by atoms with Crippen molar-refractivity contribution in [2.24, 2.45) is 0 Å². The number of Topliss-reactive ketones (excluding diaryl/α,β-unsaturated/α-hetero) is 1. The molecule has 0 spiro atoms. The highest BCUT2D eigenvalue weighted by Gasteiger charge is 2.38. The van der Waals surface area contributed by atoms with Gasteiger partial charge in [0, 0.05) is 50.4 Å². The van der Waals surface area contributed by atoms with Crippen LogP contribution in [0.3, 0.4) is 0 Å². The molecule has 4 rings (SSSR count). The number of aldehydes is 1. The number of ketones is 1. The Labute approximate surface area is 193 Å². The summed E-state index contributed by atoms with van der Waals surface area (Å²) in [5, 5.41) is 3.31. The first kappa shape index (κ1) is 23.7. The molecule has 0 bridgehead atoms. The van der Waals surface area contributed by atoms with Gasteiger partial charge in [0.05, 0.1) is 24.2 Å². The maximum Gasteiger partial charge on any atom is 0.266 e. The minimum atomic E-state index is -0.328. The van der Waals surface area contributed by atoms with Gasteiger partial charge in [0.25, 0.3) is 11.8 Å². The van der Waals surface area contributed by atoms with Crippen LogP contribution in [0.2, 0.25) is 0 Å². The van der Waals surface area contributed by atoms with Crippen LogP contribution in [-0.2, 0) is 9.59 Å². The smallest absolute Gasteiger partial charge is 0.266 e. The third-order valence-corrected chi connectivity index (χ3v) is 5.75. The van der Waals surface area contributed by atoms with Crippen LogP contribution in [0.4, 0.5) is 5.69 Å². The van der Waals surface area contributed by atoms with Crippen molar-refractivity contribution in [3.63, 3.8) is 0 Å². The number of imide groups is 1. The Morgan fingerprint density at radius 3 is 2.59 bits per heavy atom. The fourth-order valence-electron chi connectivity index (χ4n) is 4.14. The van der Waals surface area contributed by atoms with Crippen LogP contribution in [0.1, 0.15) is 40.0 Å². The van der Waals surface area contributed by atoms with Gasteiger partial charge in [-0.2, -0.15) is 0 Å². The first-order valence-corrected chi connectivity index (χ1v) is 10.6. The Hall–Kier alpha value is -2.97. The van der Waals surface area contributed by atoms with Gasteiger partial charge in [0.1, 0.15) is 6.29 Å². The van der Waals surface area contributed by atoms with Gasteiger partial charge in [-0.3, -0.25) is 14.4 Å². The van der Waals surface area contributed by atoms with Crippen LogP contribution in [0.5, 0.6) is 0 Å². The van der Waals surface area contributed by atoms with E-state index in [9.17, 15) is 19.2 Å². The largest absolute Gasteiger partial charge is 0.369 e. The number of amides is 2. The number of carbonyl (C=O) groups excluding carboxylic acids is 4. The van der Waals surface area contributed by atoms with E-state index in [1.54, 1.807) is 29.3 Å². The van der Waals surface area contributed by atoms with E-state index in [-0.39, 0.29) is 36.5 Å². The molecule has 3 heterocycles. The average Bonchev–Trinajstić information content (AvgIpc) is 3.04. The highest BCUT2D eigenvalue weighted by atomic mass is 35.5. The maximum atomic E-state index is 13.1. The molecule has 3 aliphatic rings. The molecule has 0 radical (unpaired) electrons. The minimum absolute atomic E-state index is 0. The van der Waals surface area contributed by atoms with Gasteiger partial charge in [0.2, 0.25) is 0 Å². The second kappa shape index (κ2) is 10.6. The molecular weight excluding hydrogens is 432 g/mol. The number of rotatable bonds is 8. The standard InChI is InChI=1S/C23H26N4O4.ClH/c28-13-2-1-5-19(29)16-25-10-3-4-18(15-25)27-22(30)20-7-6-17(14-21(20)23(27)31)26-11-8-24-9-12-26;/h3-4,6-7,10,13-14,24H,1-2,5,8-9,11-12,15-16H2;1H. The quantitative estimate of drug-likeness (QED) is 0.360. The molecule has 1 N–H and O–H groups in total. The monoisotopic (exact) mass is 458 g/mol. The van der Waals surface area contributed by atoms with Crippen LogP contribution >= 0.6 is 12.4 Å². The fraction of sp³-hybridized carbons (Fsp3) is 0.391. The fourth-order valence-corrected chi connectivity index (χ4v) is 4.14. The summed E-state index contributed by atoms with van der Waals surface area (Å²) in [5.41, 5.74) is 2.34. The van der Waals surface area contributed by atoms with Gasteiger partial charge < -0.3 is 19.9 Å². The Kier molecular flexibility index (Phi) is 7.82. The molecule has 0 unspecified atom stereocenters. The lowest BCUT2D eigenvalue weighted by molar-refractivity contribution is -0.119. The molecule has 1 aromatic carbocycles. The van der Waals surface area contributed by atoms with E-state index in [1.807, 2.05) is 12.1 Å². The number of piperazine rings is 1. The lowest BCUT2D eigenvalue weighted by Gasteiger charge is -2.29. The molecule has 1 saturated heterocycles. The first-order valence-electron chi connectivity index (χ1n) is 10.6. The molecule has 2 amide bonds. The van der Waals surface area contributed by atoms with Crippen molar-refractivity contribution >= 4 is 42.0 Å². The first-order chi connectivity index (χ1) is 15.1. The van der Waals surface area contributed by atoms with Gasteiger partial charge in [-0.25, -0.2) is 4.90 Å². The summed E-state index contributed by atoms with van der Waals surface area (Å²) in [7, 11) is 0. The average molecular weight is 459 g/mol. The number of halogens is 1. The van der Waals surface area contributed by atoms with Crippen molar-refractivity contribution in [3.8, 4) is 0 Å². The van der Waals surface area contributed by atoms with Crippen molar-refractivity contribution in [1.82, 2.24) is 15.1 Å². The number of unbranched alkanes of at least 4 members (excludes halogenated alkanes) is 1. The zero-order valence-electron chi connectivity index (χ0n) is 17.8. The lowest BCUT2D eigenvalue weighted by atomic mass is 10.1. The molecule has 0 aliphatic carbocycles. The summed E-state index contributed by atoms with van der Waals surface area (Å²) < 4.78 is 0. The van der Waals surface area contributed by atoms with E-state index in [2.05, 4.69) is 10.2 Å². The summed E-state index contributed by atoms with van der Waals surface area (Å²) in [6.45, 7) is 3.97. The third-order valence-electron chi connectivity index (χ3n) is 5.75. The lowest BCUT2D eigenvalue weighted by Crippen LogP contribution is -2.43. The molecule has 8 nitrogen and oxygen atoms in total. The molecule has 32 heavy (non-hydrogen) atoms. The number of nitrogens with zero attached hydrogens (tertiary/aromatic N) is 3. The van der Waals surface area contributed by atoms with Gasteiger partial charge in [0.15, 0.2) is 5.78 Å². The van der Waals surface area contributed by atoms with Gasteiger partial charge >= 0.3 is 0 Å². The second-order valence-corrected chi connectivity index (χ2v) is 7.91. The van der Waals surface area contributed by atoms with Crippen molar-refractivity contribution in [2.75, 3.05) is 44.2 Å². The van der Waals surface area contributed by atoms with Crippen molar-refractivity contribution in [3.05, 3.63) is 53.4 Å². The van der Waals surface area contributed by atoms with Gasteiger partial charge in [-0.05, 0) is 43.0 Å². The second-order valence-electron chi connectivity index (χ2n) is 7.91. The molecule has 1 aromatic rings. The number of nitrogens with one attached hydrogen (secondary N) is 1. The summed E-state index contributed by atoms with van der Waals surface area (Å²) in [5.74, 6) is -0.628. The number of carbonyl (C=O) groups is 4. The van der Waals surface area contributed by atoms with E-state index >= 15 is 0 Å². The summed E-state index contributed by atoms with van der Waals surface area (Å²) in [4.78, 5) is 53.9. The van der Waals surface area contributed by atoms with Crippen molar-refractivity contribution in [1.29, 1.82) is 0 Å². The number of anilines is 1. The van der Waals surface area contributed by atoms with E-state index in [0.29, 0.717) is 42.6 Å². The Morgan fingerprint density at radius 1 is 1.09 bits per heavy atom. The molecular formula is C23H27ClN4O4. The van der Waals surface area contributed by atoms with Crippen molar-refractivity contribution in [2.45, 2.75) is 19.3 Å². The van der Waals surface area contributed by atoms with Gasteiger partial charge in [-0.15, -0.1) is 12.4 Å². The van der Waals surface area contributed by atoms with E-state index < -0.39 is 0 Å². The van der Waals surface area contributed by atoms with Gasteiger partial charge in [-0.1, -0.05) is 0 Å². The molecule has 0 atom stereocenters. The van der Waals surface area contributed by atoms with Crippen LogP contribution < -0.4 is 10.2 Å². The highest BCUT2D eigenvalue weighted by molar-refractivity contribution is 6.23. The molecule has 1 fully saturated rings. The summed E-state index contributed by atoms with van der Waals surface area (Å²) >= 11 is 0. The van der Waals surface area contributed by atoms with E-state index in [1.165, 1.54) is 4.90 Å². The Bertz CT molecular complexity index is 969. The zero-order chi connectivity index (χ0) is 21.8. The normalized spacial score (nSPS) is 17.8. The SMILES string of the molecule is Cl.O=CCCCC(=O)CN1C=CC=C(N2C(=O)c3ccc(N4CCNCC4)cc3C2=O)C1. The molecule has 0 aromatic heterocycles. The maximum absolute atomic E-state index is 13.1.